The number of benzene rings is 1. The summed E-state index contributed by atoms with van der Waals surface area (Å²) in [6.45, 7) is 0. The molecular weight excluding hydrogens is 315 g/mol. The van der Waals surface area contributed by atoms with Crippen LogP contribution in [0.1, 0.15) is 10.4 Å². The maximum Gasteiger partial charge on any atom is 0.153 e. The van der Waals surface area contributed by atoms with E-state index in [9.17, 15) is 4.79 Å². The Hall–Kier alpha value is -1.62. The molecule has 3 rings (SSSR count). The molecule has 3 nitrogen and oxygen atoms in total. The molecule has 6 heteroatoms. The lowest BCUT2D eigenvalue weighted by atomic mass is 10.2. The number of aldehydes is 1. The molecule has 0 radical (unpaired) electrons. The zero-order chi connectivity index (χ0) is 14.1. The Morgan fingerprint density at radius 1 is 1.15 bits per heavy atom. The first kappa shape index (κ1) is 13.4. The number of hydrogen-bond acceptors (Lipinski definition) is 3. The largest absolute Gasteiger partial charge is 0.298 e. The maximum absolute atomic E-state index is 11.2. The van der Waals surface area contributed by atoms with Crippen molar-refractivity contribution in [2.24, 2.45) is 0 Å². The van der Waals surface area contributed by atoms with E-state index in [2.05, 4.69) is 5.10 Å². The number of hydrogen-bond donors (Lipinski definition) is 0. The molecule has 3 aromatic rings. The van der Waals surface area contributed by atoms with E-state index in [-0.39, 0.29) is 0 Å². The lowest BCUT2D eigenvalue weighted by Gasteiger charge is -2.02. The van der Waals surface area contributed by atoms with Crippen LogP contribution in [0.4, 0.5) is 0 Å². The van der Waals surface area contributed by atoms with Crippen molar-refractivity contribution in [3.05, 3.63) is 57.5 Å². The van der Waals surface area contributed by atoms with Crippen LogP contribution >= 0.6 is 34.5 Å². The molecule has 0 aliphatic carbocycles. The van der Waals surface area contributed by atoms with Gasteiger partial charge < -0.3 is 0 Å². The number of carbonyl (C=O) groups excluding carboxylic acids is 1. The molecule has 0 N–H and O–H groups in total. The summed E-state index contributed by atoms with van der Waals surface area (Å²) in [4.78, 5) is 12.1. The van der Waals surface area contributed by atoms with Gasteiger partial charge in [-0.15, -0.1) is 11.3 Å². The van der Waals surface area contributed by atoms with Gasteiger partial charge in [0.1, 0.15) is 5.69 Å². The van der Waals surface area contributed by atoms with Gasteiger partial charge in [-0.1, -0.05) is 35.3 Å². The Kier molecular flexibility index (Phi) is 3.61. The number of aromatic nitrogens is 2. The van der Waals surface area contributed by atoms with Crippen LogP contribution in [-0.4, -0.2) is 16.1 Å². The predicted molar refractivity (Wildman–Crippen MR) is 82.3 cm³/mol. The van der Waals surface area contributed by atoms with E-state index in [0.717, 1.165) is 16.9 Å². The second-order valence-electron chi connectivity index (χ2n) is 4.05. The van der Waals surface area contributed by atoms with E-state index in [0.29, 0.717) is 20.6 Å². The molecule has 0 bridgehead atoms. The van der Waals surface area contributed by atoms with Crippen molar-refractivity contribution in [2.75, 3.05) is 0 Å². The third kappa shape index (κ3) is 2.38. The van der Waals surface area contributed by atoms with Crippen LogP contribution in [0.25, 0.3) is 16.3 Å². The summed E-state index contributed by atoms with van der Waals surface area (Å²) in [6, 6.07) is 11.0. The van der Waals surface area contributed by atoms with E-state index in [1.165, 1.54) is 11.3 Å². The molecule has 100 valence electrons. The van der Waals surface area contributed by atoms with Gasteiger partial charge in [0.05, 0.1) is 25.5 Å². The monoisotopic (exact) mass is 322 g/mol. The fraction of sp³-hybridized carbons (Fsp3) is 0. The van der Waals surface area contributed by atoms with Crippen molar-refractivity contribution in [1.82, 2.24) is 9.78 Å². The van der Waals surface area contributed by atoms with Crippen LogP contribution in [-0.2, 0) is 0 Å². The zero-order valence-electron chi connectivity index (χ0n) is 10.1. The van der Waals surface area contributed by atoms with Crippen LogP contribution in [0, 0.1) is 0 Å². The normalized spacial score (nSPS) is 10.7. The van der Waals surface area contributed by atoms with Gasteiger partial charge in [0.2, 0.25) is 0 Å². The molecular formula is C14H8Cl2N2OS. The summed E-state index contributed by atoms with van der Waals surface area (Å²) in [7, 11) is 0. The van der Waals surface area contributed by atoms with Crippen LogP contribution in [0.2, 0.25) is 9.36 Å². The van der Waals surface area contributed by atoms with Crippen LogP contribution in [0.3, 0.4) is 0 Å². The second-order valence-corrected chi connectivity index (χ2v) is 6.17. The highest BCUT2D eigenvalue weighted by Gasteiger charge is 2.14. The highest BCUT2D eigenvalue weighted by Crippen LogP contribution is 2.32. The fourth-order valence-electron chi connectivity index (χ4n) is 1.87. The minimum atomic E-state index is 0.503. The molecule has 0 saturated carbocycles. The van der Waals surface area contributed by atoms with Gasteiger partial charge in [-0.2, -0.15) is 5.10 Å². The standard InChI is InChI=1S/C14H8Cl2N2OS/c15-10-3-1-2-4-11(10)18-7-9(8-19)14(17-18)12-5-6-13(16)20-12/h1-8H. The fourth-order valence-corrected chi connectivity index (χ4v) is 3.14. The van der Waals surface area contributed by atoms with Crippen molar-refractivity contribution < 1.29 is 4.79 Å². The lowest BCUT2D eigenvalue weighted by Crippen LogP contribution is -1.95. The topological polar surface area (TPSA) is 34.9 Å². The summed E-state index contributed by atoms with van der Waals surface area (Å²) < 4.78 is 2.26. The molecule has 0 aliphatic rings. The number of para-hydroxylation sites is 1. The first-order valence-electron chi connectivity index (χ1n) is 5.74. The van der Waals surface area contributed by atoms with Gasteiger partial charge in [0, 0.05) is 6.20 Å². The number of nitrogens with zero attached hydrogens (tertiary/aromatic N) is 2. The first-order chi connectivity index (χ1) is 9.69. The van der Waals surface area contributed by atoms with Crippen molar-refractivity contribution in [2.45, 2.75) is 0 Å². The summed E-state index contributed by atoms with van der Waals surface area (Å²) in [6.07, 6.45) is 2.44. The Bertz CT molecular complexity index is 779. The SMILES string of the molecule is O=Cc1cn(-c2ccccc2Cl)nc1-c1ccc(Cl)s1. The second kappa shape index (κ2) is 5.40. The summed E-state index contributed by atoms with van der Waals surface area (Å²) in [5.74, 6) is 0. The summed E-state index contributed by atoms with van der Waals surface area (Å²) >= 11 is 13.5. The highest BCUT2D eigenvalue weighted by molar-refractivity contribution is 7.19. The maximum atomic E-state index is 11.2. The minimum absolute atomic E-state index is 0.503. The number of rotatable bonds is 3. The molecule has 0 aliphatic heterocycles. The Morgan fingerprint density at radius 3 is 2.60 bits per heavy atom. The average Bonchev–Trinajstić information content (AvgIpc) is 3.05. The average molecular weight is 323 g/mol. The van der Waals surface area contributed by atoms with Gasteiger partial charge in [0.15, 0.2) is 6.29 Å². The van der Waals surface area contributed by atoms with Crippen molar-refractivity contribution in [3.8, 4) is 16.3 Å². The van der Waals surface area contributed by atoms with E-state index < -0.39 is 0 Å². The Morgan fingerprint density at radius 2 is 1.95 bits per heavy atom. The molecule has 0 spiro atoms. The van der Waals surface area contributed by atoms with Crippen molar-refractivity contribution >= 4 is 40.8 Å². The predicted octanol–water partition coefficient (Wildman–Crippen LogP) is 4.72. The van der Waals surface area contributed by atoms with E-state index in [1.807, 2.05) is 24.3 Å². The summed E-state index contributed by atoms with van der Waals surface area (Å²) in [5, 5.41) is 5.02. The summed E-state index contributed by atoms with van der Waals surface area (Å²) in [5.41, 5.74) is 1.84. The first-order valence-corrected chi connectivity index (χ1v) is 7.32. The van der Waals surface area contributed by atoms with Crippen LogP contribution in [0.15, 0.2) is 42.6 Å². The molecule has 0 fully saturated rings. The number of carbonyl (C=O) groups is 1. The molecule has 0 unspecified atom stereocenters. The molecule has 0 atom stereocenters. The van der Waals surface area contributed by atoms with Gasteiger partial charge in [-0.25, -0.2) is 4.68 Å². The molecule has 0 amide bonds. The van der Waals surface area contributed by atoms with E-state index >= 15 is 0 Å². The van der Waals surface area contributed by atoms with Crippen LogP contribution < -0.4 is 0 Å². The molecule has 2 heterocycles. The van der Waals surface area contributed by atoms with E-state index in [1.54, 1.807) is 23.0 Å². The minimum Gasteiger partial charge on any atom is -0.298 e. The van der Waals surface area contributed by atoms with Crippen molar-refractivity contribution in [1.29, 1.82) is 0 Å². The highest BCUT2D eigenvalue weighted by atomic mass is 35.5. The quantitative estimate of drug-likeness (QED) is 0.654. The van der Waals surface area contributed by atoms with Crippen LogP contribution in [0.5, 0.6) is 0 Å². The molecule has 2 aromatic heterocycles. The Labute approximate surface area is 129 Å². The smallest absolute Gasteiger partial charge is 0.153 e. The van der Waals surface area contributed by atoms with Crippen molar-refractivity contribution in [3.63, 3.8) is 0 Å². The lowest BCUT2D eigenvalue weighted by molar-refractivity contribution is 0.112. The zero-order valence-corrected chi connectivity index (χ0v) is 12.4. The molecule has 1 aromatic carbocycles. The Balaban J connectivity index is 2.14. The third-order valence-electron chi connectivity index (χ3n) is 2.78. The van der Waals surface area contributed by atoms with Gasteiger partial charge >= 0.3 is 0 Å². The van der Waals surface area contributed by atoms with E-state index in [4.69, 9.17) is 23.2 Å². The van der Waals surface area contributed by atoms with Gasteiger partial charge in [-0.05, 0) is 24.3 Å². The number of thiophene rings is 1. The third-order valence-corrected chi connectivity index (χ3v) is 4.33. The van der Waals surface area contributed by atoms with Gasteiger partial charge in [-0.3, -0.25) is 4.79 Å². The number of halogens is 2. The van der Waals surface area contributed by atoms with Gasteiger partial charge in [0.25, 0.3) is 0 Å². The molecule has 20 heavy (non-hydrogen) atoms. The molecule has 0 saturated heterocycles.